The number of rotatable bonds is 5. The van der Waals surface area contributed by atoms with E-state index in [0.29, 0.717) is 29.6 Å². The highest BCUT2D eigenvalue weighted by molar-refractivity contribution is 7.09. The summed E-state index contributed by atoms with van der Waals surface area (Å²) in [4.78, 5) is 19.2. The molecule has 4 aromatic rings. The minimum atomic E-state index is 0.526. The summed E-state index contributed by atoms with van der Waals surface area (Å²) in [6.07, 6.45) is 5.18. The molecule has 0 aromatic carbocycles. The van der Waals surface area contributed by atoms with Crippen LogP contribution < -0.4 is 5.32 Å². The highest BCUT2D eigenvalue weighted by Gasteiger charge is 2.19. The molecule has 4 rings (SSSR count). The van der Waals surface area contributed by atoms with Crippen molar-refractivity contribution in [3.8, 4) is 22.7 Å². The fraction of sp³-hybridized carbons (Fsp3) is 0.211. The molecule has 4 heterocycles. The van der Waals surface area contributed by atoms with Gasteiger partial charge in [-0.3, -0.25) is 9.97 Å². The molecule has 0 bridgehead atoms. The third kappa shape index (κ3) is 3.56. The summed E-state index contributed by atoms with van der Waals surface area (Å²) in [7, 11) is 0. The Hall–Kier alpha value is -3.13. The third-order valence-electron chi connectivity index (χ3n) is 4.21. The van der Waals surface area contributed by atoms with Crippen LogP contribution in [0.2, 0.25) is 0 Å². The first-order valence-corrected chi connectivity index (χ1v) is 9.35. The topological polar surface area (TPSA) is 89.6 Å². The van der Waals surface area contributed by atoms with E-state index in [0.717, 1.165) is 22.5 Å². The van der Waals surface area contributed by atoms with Crippen LogP contribution in [0.15, 0.2) is 40.6 Å². The lowest BCUT2D eigenvalue weighted by molar-refractivity contribution is 0.426. The van der Waals surface area contributed by atoms with Gasteiger partial charge in [0.25, 0.3) is 0 Å². The molecule has 8 heteroatoms. The highest BCUT2D eigenvalue weighted by Crippen LogP contribution is 2.32. The Kier molecular flexibility index (Phi) is 4.64. The monoisotopic (exact) mass is 378 g/mol. The van der Waals surface area contributed by atoms with E-state index in [1.54, 1.807) is 29.9 Å². The number of anilines is 1. The number of aromatic nitrogens is 5. The number of nitrogens with one attached hydrogen (secondary N) is 1. The van der Waals surface area contributed by atoms with Crippen LogP contribution in [0.4, 0.5) is 5.95 Å². The van der Waals surface area contributed by atoms with E-state index >= 15 is 0 Å². The Morgan fingerprint density at radius 2 is 1.96 bits per heavy atom. The smallest absolute Gasteiger partial charge is 0.223 e. The molecule has 0 aliphatic rings. The first-order chi connectivity index (χ1) is 13.1. The number of nitrogens with zero attached hydrogens (tertiary/aromatic N) is 5. The minimum Gasteiger partial charge on any atom is -0.356 e. The largest absolute Gasteiger partial charge is 0.356 e. The van der Waals surface area contributed by atoms with Crippen LogP contribution in [-0.2, 0) is 6.54 Å². The first kappa shape index (κ1) is 17.3. The molecule has 0 radical (unpaired) electrons. The minimum absolute atomic E-state index is 0.526. The van der Waals surface area contributed by atoms with Crippen LogP contribution in [0.3, 0.4) is 0 Å². The Morgan fingerprint density at radius 3 is 2.63 bits per heavy atom. The molecule has 7 nitrogen and oxygen atoms in total. The second-order valence-electron chi connectivity index (χ2n) is 6.15. The van der Waals surface area contributed by atoms with Crippen LogP contribution in [0.1, 0.15) is 21.8 Å². The average molecular weight is 378 g/mol. The van der Waals surface area contributed by atoms with E-state index in [1.807, 2.05) is 32.2 Å². The predicted molar refractivity (Wildman–Crippen MR) is 104 cm³/mol. The predicted octanol–water partition coefficient (Wildman–Crippen LogP) is 4.19. The summed E-state index contributed by atoms with van der Waals surface area (Å²) in [6, 6.07) is 4.09. The van der Waals surface area contributed by atoms with Crippen molar-refractivity contribution in [2.24, 2.45) is 0 Å². The molecule has 0 spiro atoms. The zero-order chi connectivity index (χ0) is 18.8. The lowest BCUT2D eigenvalue weighted by atomic mass is 10.1. The molecule has 0 atom stereocenters. The molecule has 0 aliphatic heterocycles. The van der Waals surface area contributed by atoms with E-state index in [2.05, 4.69) is 31.5 Å². The van der Waals surface area contributed by atoms with Gasteiger partial charge in [-0.15, -0.1) is 11.3 Å². The van der Waals surface area contributed by atoms with Gasteiger partial charge in [0.1, 0.15) is 11.4 Å². The summed E-state index contributed by atoms with van der Waals surface area (Å²) in [6.45, 7) is 6.44. The second kappa shape index (κ2) is 7.24. The van der Waals surface area contributed by atoms with Gasteiger partial charge in [0.05, 0.1) is 29.7 Å². The van der Waals surface area contributed by atoms with Gasteiger partial charge in [-0.1, -0.05) is 11.2 Å². The van der Waals surface area contributed by atoms with Crippen LogP contribution >= 0.6 is 11.3 Å². The number of aryl methyl sites for hydroxylation is 2. The molecule has 27 heavy (non-hydrogen) atoms. The molecule has 136 valence electrons. The van der Waals surface area contributed by atoms with Crippen molar-refractivity contribution in [3.05, 3.63) is 57.9 Å². The molecule has 0 aliphatic carbocycles. The summed E-state index contributed by atoms with van der Waals surface area (Å²) in [5, 5.41) is 9.36. The second-order valence-corrected chi connectivity index (χ2v) is 7.19. The van der Waals surface area contributed by atoms with Crippen molar-refractivity contribution in [3.63, 3.8) is 0 Å². The van der Waals surface area contributed by atoms with Crippen molar-refractivity contribution in [1.29, 1.82) is 0 Å². The fourth-order valence-corrected chi connectivity index (χ4v) is 3.23. The zero-order valence-corrected chi connectivity index (χ0v) is 16.0. The van der Waals surface area contributed by atoms with Gasteiger partial charge >= 0.3 is 0 Å². The van der Waals surface area contributed by atoms with Gasteiger partial charge < -0.3 is 9.84 Å². The lowest BCUT2D eigenvalue weighted by Gasteiger charge is -2.09. The van der Waals surface area contributed by atoms with E-state index in [1.165, 1.54) is 4.88 Å². The van der Waals surface area contributed by atoms with Crippen LogP contribution in [0, 0.1) is 20.8 Å². The molecule has 0 saturated heterocycles. The highest BCUT2D eigenvalue weighted by atomic mass is 32.1. The van der Waals surface area contributed by atoms with E-state index in [4.69, 9.17) is 9.51 Å². The fourth-order valence-electron chi connectivity index (χ4n) is 2.59. The molecular formula is C19H18N6OS. The van der Waals surface area contributed by atoms with Crippen molar-refractivity contribution in [2.45, 2.75) is 27.3 Å². The van der Waals surface area contributed by atoms with Crippen LogP contribution in [0.5, 0.6) is 0 Å². The normalized spacial score (nSPS) is 10.9. The van der Waals surface area contributed by atoms with Gasteiger partial charge in [0.2, 0.25) is 5.95 Å². The third-order valence-corrected chi connectivity index (χ3v) is 5.09. The Morgan fingerprint density at radius 1 is 1.07 bits per heavy atom. The van der Waals surface area contributed by atoms with E-state index in [-0.39, 0.29) is 0 Å². The molecule has 1 N–H and O–H groups in total. The summed E-state index contributed by atoms with van der Waals surface area (Å²) < 4.78 is 5.53. The van der Waals surface area contributed by atoms with Gasteiger partial charge in [-0.2, -0.15) is 0 Å². The van der Waals surface area contributed by atoms with Crippen molar-refractivity contribution >= 4 is 17.3 Å². The van der Waals surface area contributed by atoms with Crippen molar-refractivity contribution < 1.29 is 4.52 Å². The Labute approximate surface area is 160 Å². The molecular weight excluding hydrogens is 360 g/mol. The molecule has 0 unspecified atom stereocenters. The average Bonchev–Trinajstić information content (AvgIpc) is 3.31. The van der Waals surface area contributed by atoms with E-state index < -0.39 is 0 Å². The molecule has 0 fully saturated rings. The molecule has 4 aromatic heterocycles. The lowest BCUT2D eigenvalue weighted by Crippen LogP contribution is -2.05. The van der Waals surface area contributed by atoms with Gasteiger partial charge in [-0.05, 0) is 32.2 Å². The Bertz CT molecular complexity index is 1060. The van der Waals surface area contributed by atoms with Crippen molar-refractivity contribution in [1.82, 2.24) is 25.1 Å². The number of thiophene rings is 1. The summed E-state index contributed by atoms with van der Waals surface area (Å²) >= 11 is 1.69. The van der Waals surface area contributed by atoms with Gasteiger partial charge in [0.15, 0.2) is 5.76 Å². The summed E-state index contributed by atoms with van der Waals surface area (Å²) in [5.74, 6) is 1.17. The maximum Gasteiger partial charge on any atom is 0.223 e. The molecule has 0 saturated carbocycles. The maximum absolute atomic E-state index is 5.53. The van der Waals surface area contributed by atoms with E-state index in [9.17, 15) is 0 Å². The quantitative estimate of drug-likeness (QED) is 0.557. The number of hydrogen-bond acceptors (Lipinski definition) is 8. The summed E-state index contributed by atoms with van der Waals surface area (Å²) in [5.41, 5.74) is 4.70. The zero-order valence-electron chi connectivity index (χ0n) is 15.2. The standard InChI is InChI=1S/C19H18N6OS/c1-11-7-21-16(10-20-11)17-15(18-12(2)13(3)25-26-18)9-23-19(24-17)22-8-14-5-4-6-27-14/h4-7,9-10H,8H2,1-3H3,(H,22,23,24). The maximum atomic E-state index is 5.53. The van der Waals surface area contributed by atoms with Crippen LogP contribution in [0.25, 0.3) is 22.7 Å². The van der Waals surface area contributed by atoms with Gasteiger partial charge in [0, 0.05) is 22.8 Å². The van der Waals surface area contributed by atoms with Gasteiger partial charge in [-0.25, -0.2) is 9.97 Å². The SMILES string of the molecule is Cc1cnc(-c2nc(NCc3cccs3)ncc2-c2onc(C)c2C)cn1. The molecule has 0 amide bonds. The first-order valence-electron chi connectivity index (χ1n) is 8.47. The van der Waals surface area contributed by atoms with Crippen molar-refractivity contribution in [2.75, 3.05) is 5.32 Å². The Balaban J connectivity index is 1.76. The number of hydrogen-bond donors (Lipinski definition) is 1. The van der Waals surface area contributed by atoms with Crippen LogP contribution in [-0.4, -0.2) is 25.1 Å².